The first-order valence-electron chi connectivity index (χ1n) is 3.46. The van der Waals surface area contributed by atoms with Gasteiger partial charge in [-0.2, -0.15) is 0 Å². The van der Waals surface area contributed by atoms with Crippen LogP contribution in [0.15, 0.2) is 6.07 Å². The van der Waals surface area contributed by atoms with E-state index in [1.165, 1.54) is 0 Å². The summed E-state index contributed by atoms with van der Waals surface area (Å²) in [5, 5.41) is 0. The lowest BCUT2D eigenvalue weighted by atomic mass is 10.3. The summed E-state index contributed by atoms with van der Waals surface area (Å²) in [5.74, 6) is 1.08. The van der Waals surface area contributed by atoms with E-state index in [4.69, 9.17) is 11.5 Å². The van der Waals surface area contributed by atoms with Gasteiger partial charge in [0.15, 0.2) is 0 Å². The Hall–Kier alpha value is -1.16. The largest absolute Gasteiger partial charge is 0.384 e. The molecule has 1 atom stereocenters. The van der Waals surface area contributed by atoms with Crippen LogP contribution in [-0.2, 0) is 0 Å². The Bertz CT molecular complexity index is 236. The van der Waals surface area contributed by atoms with Gasteiger partial charge in [-0.1, -0.05) is 0 Å². The van der Waals surface area contributed by atoms with Crippen molar-refractivity contribution >= 4 is 5.82 Å². The number of rotatable bonds is 1. The number of aryl methyl sites for hydroxylation is 1. The summed E-state index contributed by atoms with van der Waals surface area (Å²) in [6.07, 6.45) is 0. The number of aromatic nitrogens is 2. The summed E-state index contributed by atoms with van der Waals surface area (Å²) >= 11 is 0. The van der Waals surface area contributed by atoms with Crippen molar-refractivity contribution in [3.63, 3.8) is 0 Å². The van der Waals surface area contributed by atoms with Gasteiger partial charge in [-0.3, -0.25) is 0 Å². The lowest BCUT2D eigenvalue weighted by Gasteiger charge is -2.04. The molecule has 0 fully saturated rings. The number of hydrogen-bond acceptors (Lipinski definition) is 4. The maximum absolute atomic E-state index is 5.57. The fraction of sp³-hybridized carbons (Fsp3) is 0.429. The van der Waals surface area contributed by atoms with E-state index in [0.717, 1.165) is 5.69 Å². The first kappa shape index (κ1) is 7.94. The molecule has 0 radical (unpaired) electrons. The van der Waals surface area contributed by atoms with E-state index < -0.39 is 0 Å². The Labute approximate surface area is 65.6 Å². The van der Waals surface area contributed by atoms with Crippen LogP contribution >= 0.6 is 0 Å². The SMILES string of the molecule is Cc1cc(N)nc(C(C)N)n1. The molecule has 0 saturated heterocycles. The molecule has 60 valence electrons. The molecule has 4 heteroatoms. The molecule has 1 heterocycles. The smallest absolute Gasteiger partial charge is 0.147 e. The van der Waals surface area contributed by atoms with Crippen LogP contribution in [0.3, 0.4) is 0 Å². The van der Waals surface area contributed by atoms with Crippen LogP contribution in [0.2, 0.25) is 0 Å². The minimum absolute atomic E-state index is 0.155. The van der Waals surface area contributed by atoms with E-state index in [1.807, 2.05) is 13.8 Å². The Morgan fingerprint density at radius 3 is 2.55 bits per heavy atom. The van der Waals surface area contributed by atoms with Gasteiger partial charge in [0, 0.05) is 11.8 Å². The van der Waals surface area contributed by atoms with Gasteiger partial charge < -0.3 is 11.5 Å². The molecule has 1 aromatic rings. The Morgan fingerprint density at radius 2 is 2.09 bits per heavy atom. The predicted molar refractivity (Wildman–Crippen MR) is 43.8 cm³/mol. The molecule has 0 aliphatic heterocycles. The standard InChI is InChI=1S/C7H12N4/c1-4-3-6(9)11-7(10-4)5(2)8/h3,5H,8H2,1-2H3,(H2,9,10,11). The summed E-state index contributed by atoms with van der Waals surface area (Å²) in [6.45, 7) is 3.69. The van der Waals surface area contributed by atoms with Gasteiger partial charge >= 0.3 is 0 Å². The minimum atomic E-state index is -0.155. The van der Waals surface area contributed by atoms with E-state index in [0.29, 0.717) is 11.6 Å². The Kier molecular flexibility index (Phi) is 2.05. The second-order valence-corrected chi connectivity index (χ2v) is 2.58. The van der Waals surface area contributed by atoms with Crippen molar-refractivity contribution in [1.82, 2.24) is 9.97 Å². The fourth-order valence-corrected chi connectivity index (χ4v) is 0.820. The van der Waals surface area contributed by atoms with E-state index in [1.54, 1.807) is 6.07 Å². The molecule has 1 unspecified atom stereocenters. The zero-order valence-corrected chi connectivity index (χ0v) is 6.70. The third-order valence-electron chi connectivity index (χ3n) is 1.30. The summed E-state index contributed by atoms with van der Waals surface area (Å²) in [6, 6.07) is 1.56. The van der Waals surface area contributed by atoms with Crippen LogP contribution in [-0.4, -0.2) is 9.97 Å². The molecule has 0 bridgehead atoms. The van der Waals surface area contributed by atoms with Crippen molar-refractivity contribution in [2.24, 2.45) is 5.73 Å². The van der Waals surface area contributed by atoms with Crippen LogP contribution in [0.25, 0.3) is 0 Å². The molecule has 0 aliphatic rings. The highest BCUT2D eigenvalue weighted by molar-refractivity contribution is 5.29. The lowest BCUT2D eigenvalue weighted by molar-refractivity contribution is 0.735. The number of anilines is 1. The van der Waals surface area contributed by atoms with Gasteiger partial charge in [0.2, 0.25) is 0 Å². The van der Waals surface area contributed by atoms with E-state index in [9.17, 15) is 0 Å². The van der Waals surface area contributed by atoms with Gasteiger partial charge in [-0.05, 0) is 13.8 Å². The van der Waals surface area contributed by atoms with E-state index >= 15 is 0 Å². The molecule has 1 aromatic heterocycles. The average molecular weight is 152 g/mol. The fourth-order valence-electron chi connectivity index (χ4n) is 0.820. The number of nitrogens with zero attached hydrogens (tertiary/aromatic N) is 2. The molecular weight excluding hydrogens is 140 g/mol. The number of nitrogen functional groups attached to an aromatic ring is 1. The Morgan fingerprint density at radius 1 is 1.45 bits per heavy atom. The van der Waals surface area contributed by atoms with Gasteiger partial charge in [0.25, 0.3) is 0 Å². The summed E-state index contributed by atoms with van der Waals surface area (Å²) < 4.78 is 0. The van der Waals surface area contributed by atoms with Crippen LogP contribution in [0.1, 0.15) is 24.5 Å². The van der Waals surface area contributed by atoms with Crippen molar-refractivity contribution in [3.05, 3.63) is 17.6 Å². The zero-order valence-electron chi connectivity index (χ0n) is 6.70. The highest BCUT2D eigenvalue weighted by atomic mass is 15.0. The monoisotopic (exact) mass is 152 g/mol. The van der Waals surface area contributed by atoms with Crippen molar-refractivity contribution in [1.29, 1.82) is 0 Å². The maximum Gasteiger partial charge on any atom is 0.147 e. The van der Waals surface area contributed by atoms with Gasteiger partial charge in [0.05, 0.1) is 6.04 Å². The predicted octanol–water partition coefficient (Wildman–Crippen LogP) is 0.387. The molecule has 4 N–H and O–H groups in total. The van der Waals surface area contributed by atoms with Crippen molar-refractivity contribution in [2.75, 3.05) is 5.73 Å². The first-order chi connectivity index (χ1) is 5.09. The molecule has 0 saturated carbocycles. The van der Waals surface area contributed by atoms with Crippen molar-refractivity contribution in [2.45, 2.75) is 19.9 Å². The van der Waals surface area contributed by atoms with Crippen LogP contribution in [0.5, 0.6) is 0 Å². The Balaban J connectivity index is 3.08. The second kappa shape index (κ2) is 2.84. The number of nitrogens with two attached hydrogens (primary N) is 2. The molecule has 0 spiro atoms. The van der Waals surface area contributed by atoms with Crippen molar-refractivity contribution < 1.29 is 0 Å². The van der Waals surface area contributed by atoms with E-state index in [2.05, 4.69) is 9.97 Å². The molecule has 0 aromatic carbocycles. The molecular formula is C7H12N4. The van der Waals surface area contributed by atoms with Gasteiger partial charge in [-0.25, -0.2) is 9.97 Å². The highest BCUT2D eigenvalue weighted by Gasteiger charge is 2.03. The quantitative estimate of drug-likeness (QED) is 0.610. The lowest BCUT2D eigenvalue weighted by Crippen LogP contribution is -2.11. The molecule has 0 amide bonds. The topological polar surface area (TPSA) is 77.8 Å². The summed E-state index contributed by atoms with van der Waals surface area (Å²) in [7, 11) is 0. The highest BCUT2D eigenvalue weighted by Crippen LogP contribution is 2.06. The maximum atomic E-state index is 5.57. The van der Waals surface area contributed by atoms with Gasteiger partial charge in [0.1, 0.15) is 11.6 Å². The average Bonchev–Trinajstić information content (AvgIpc) is 1.85. The summed E-state index contributed by atoms with van der Waals surface area (Å²) in [4.78, 5) is 8.09. The first-order valence-corrected chi connectivity index (χ1v) is 3.46. The summed E-state index contributed by atoms with van der Waals surface area (Å²) in [5.41, 5.74) is 11.9. The minimum Gasteiger partial charge on any atom is -0.384 e. The second-order valence-electron chi connectivity index (χ2n) is 2.58. The van der Waals surface area contributed by atoms with Crippen LogP contribution in [0.4, 0.5) is 5.82 Å². The third-order valence-corrected chi connectivity index (χ3v) is 1.30. The zero-order chi connectivity index (χ0) is 8.43. The van der Waals surface area contributed by atoms with E-state index in [-0.39, 0.29) is 6.04 Å². The molecule has 0 aliphatic carbocycles. The molecule has 4 nitrogen and oxygen atoms in total. The van der Waals surface area contributed by atoms with Crippen molar-refractivity contribution in [3.8, 4) is 0 Å². The molecule has 1 rings (SSSR count). The number of hydrogen-bond donors (Lipinski definition) is 2. The van der Waals surface area contributed by atoms with Crippen LogP contribution in [0, 0.1) is 6.92 Å². The molecule has 11 heavy (non-hydrogen) atoms. The van der Waals surface area contributed by atoms with Crippen LogP contribution < -0.4 is 11.5 Å². The normalized spacial score (nSPS) is 13.0. The third kappa shape index (κ3) is 1.88. The van der Waals surface area contributed by atoms with Gasteiger partial charge in [-0.15, -0.1) is 0 Å².